The van der Waals surface area contributed by atoms with Crippen molar-refractivity contribution < 1.29 is 19.6 Å². The first kappa shape index (κ1) is 15.3. The number of amides is 1. The van der Waals surface area contributed by atoms with E-state index in [4.69, 9.17) is 5.11 Å². The van der Waals surface area contributed by atoms with Gasteiger partial charge < -0.3 is 15.0 Å². The van der Waals surface area contributed by atoms with E-state index >= 15 is 0 Å². The number of rotatable bonds is 6. The summed E-state index contributed by atoms with van der Waals surface area (Å²) < 4.78 is 0. The molecule has 0 saturated heterocycles. The highest BCUT2D eigenvalue weighted by Crippen LogP contribution is 2.10. The van der Waals surface area contributed by atoms with Crippen molar-refractivity contribution in [1.29, 1.82) is 0 Å². The lowest BCUT2D eigenvalue weighted by molar-refractivity contribution is -0.385. The zero-order valence-electron chi connectivity index (χ0n) is 10.7. The molecule has 1 amide bonds. The van der Waals surface area contributed by atoms with Gasteiger partial charge in [0.05, 0.1) is 11.1 Å². The van der Waals surface area contributed by atoms with Crippen LogP contribution in [-0.4, -0.2) is 44.9 Å². The second kappa shape index (κ2) is 6.45. The second-order valence-electron chi connectivity index (χ2n) is 3.98. The van der Waals surface area contributed by atoms with E-state index in [2.05, 4.69) is 4.98 Å². The Morgan fingerprint density at radius 1 is 1.50 bits per heavy atom. The molecule has 0 spiro atoms. The molecule has 108 valence electrons. The number of H-pyrrole nitrogens is 1. The lowest BCUT2D eigenvalue weighted by Gasteiger charge is -2.19. The number of nitrogens with one attached hydrogen (secondary N) is 1. The predicted octanol–water partition coefficient (Wildman–Crippen LogP) is 0.220. The number of pyridine rings is 1. The second-order valence-corrected chi connectivity index (χ2v) is 3.98. The maximum atomic E-state index is 12.1. The molecular formula is C11H13N3O6. The first-order chi connectivity index (χ1) is 9.36. The molecular weight excluding hydrogens is 270 g/mol. The third-order valence-electron chi connectivity index (χ3n) is 2.44. The molecule has 0 aromatic carbocycles. The lowest BCUT2D eigenvalue weighted by atomic mass is 10.2. The monoisotopic (exact) mass is 283 g/mol. The summed E-state index contributed by atoms with van der Waals surface area (Å²) in [7, 11) is 0. The van der Waals surface area contributed by atoms with Gasteiger partial charge in [-0.1, -0.05) is 6.92 Å². The van der Waals surface area contributed by atoms with Crippen molar-refractivity contribution in [3.63, 3.8) is 0 Å². The molecule has 0 bridgehead atoms. The Balaban J connectivity index is 3.16. The number of nitro groups is 1. The van der Waals surface area contributed by atoms with Crippen LogP contribution in [0.1, 0.15) is 23.7 Å². The molecule has 0 aliphatic rings. The number of carbonyl (C=O) groups is 2. The fourth-order valence-electron chi connectivity index (χ4n) is 1.59. The van der Waals surface area contributed by atoms with Crippen LogP contribution in [0.3, 0.4) is 0 Å². The highest BCUT2D eigenvalue weighted by atomic mass is 16.6. The molecule has 1 heterocycles. The van der Waals surface area contributed by atoms with Crippen LogP contribution < -0.4 is 5.56 Å². The Bertz CT molecular complexity index is 594. The van der Waals surface area contributed by atoms with Gasteiger partial charge in [0.25, 0.3) is 17.2 Å². The summed E-state index contributed by atoms with van der Waals surface area (Å²) in [6, 6.07) is 0.839. The molecule has 0 saturated carbocycles. The van der Waals surface area contributed by atoms with Crippen LogP contribution in [0.5, 0.6) is 0 Å². The maximum absolute atomic E-state index is 12.1. The van der Waals surface area contributed by atoms with Crippen LogP contribution in [0.4, 0.5) is 5.69 Å². The average Bonchev–Trinajstić information content (AvgIpc) is 2.37. The summed E-state index contributed by atoms with van der Waals surface area (Å²) in [6.07, 6.45) is 1.37. The molecule has 1 aromatic heterocycles. The number of hydrogen-bond acceptors (Lipinski definition) is 5. The molecule has 2 N–H and O–H groups in total. The summed E-state index contributed by atoms with van der Waals surface area (Å²) in [5.41, 5.74) is -1.69. The average molecular weight is 283 g/mol. The smallest absolute Gasteiger partial charge is 0.323 e. The van der Waals surface area contributed by atoms with Crippen molar-refractivity contribution >= 4 is 17.6 Å². The van der Waals surface area contributed by atoms with Gasteiger partial charge in [0.1, 0.15) is 12.1 Å². The standard InChI is InChI=1S/C11H13N3O6/c1-2-3-13(6-9(15)16)11(18)8-4-7(14(19)20)5-12-10(8)17/h4-5H,2-3,6H2,1H3,(H,12,17)(H,15,16). The minimum absolute atomic E-state index is 0.132. The van der Waals surface area contributed by atoms with Crippen LogP contribution in [0.2, 0.25) is 0 Å². The van der Waals surface area contributed by atoms with Gasteiger partial charge >= 0.3 is 5.97 Å². The quantitative estimate of drug-likeness (QED) is 0.566. The predicted molar refractivity (Wildman–Crippen MR) is 67.5 cm³/mol. The molecule has 9 nitrogen and oxygen atoms in total. The van der Waals surface area contributed by atoms with E-state index in [9.17, 15) is 24.5 Å². The lowest BCUT2D eigenvalue weighted by Crippen LogP contribution is -2.38. The molecule has 0 radical (unpaired) electrons. The van der Waals surface area contributed by atoms with Gasteiger partial charge in [0, 0.05) is 12.6 Å². The first-order valence-corrected chi connectivity index (χ1v) is 5.75. The van der Waals surface area contributed by atoms with Gasteiger partial charge in [-0.2, -0.15) is 0 Å². The van der Waals surface area contributed by atoms with Gasteiger partial charge in [-0.05, 0) is 6.42 Å². The summed E-state index contributed by atoms with van der Waals surface area (Å²) in [5.74, 6) is -2.08. The molecule has 1 rings (SSSR count). The molecule has 0 aliphatic carbocycles. The van der Waals surface area contributed by atoms with E-state index in [1.807, 2.05) is 0 Å². The SMILES string of the molecule is CCCN(CC(=O)O)C(=O)c1cc([N+](=O)[O-])c[nH]c1=O. The number of nitrogens with zero attached hydrogens (tertiary/aromatic N) is 2. The van der Waals surface area contributed by atoms with E-state index in [-0.39, 0.29) is 6.54 Å². The van der Waals surface area contributed by atoms with E-state index in [0.29, 0.717) is 6.42 Å². The molecule has 0 fully saturated rings. The Kier molecular flexibility index (Phi) is 4.95. The number of carboxylic acid groups (broad SMARTS) is 1. The van der Waals surface area contributed by atoms with Gasteiger partial charge in [-0.25, -0.2) is 0 Å². The number of aliphatic carboxylic acids is 1. The zero-order valence-corrected chi connectivity index (χ0v) is 10.7. The van der Waals surface area contributed by atoms with Crippen LogP contribution in [-0.2, 0) is 4.79 Å². The molecule has 9 heteroatoms. The summed E-state index contributed by atoms with van der Waals surface area (Å²) >= 11 is 0. The Morgan fingerprint density at radius 3 is 2.65 bits per heavy atom. The van der Waals surface area contributed by atoms with Crippen molar-refractivity contribution in [2.75, 3.05) is 13.1 Å². The summed E-state index contributed by atoms with van der Waals surface area (Å²) in [5, 5.41) is 19.4. The molecule has 0 unspecified atom stereocenters. The number of carboxylic acids is 1. The third kappa shape index (κ3) is 3.64. The van der Waals surface area contributed by atoms with E-state index in [1.165, 1.54) is 0 Å². The van der Waals surface area contributed by atoms with Gasteiger partial charge in [0.2, 0.25) is 0 Å². The molecule has 0 aliphatic heterocycles. The summed E-state index contributed by atoms with van der Waals surface area (Å²) in [6.45, 7) is 1.29. The normalized spacial score (nSPS) is 10.1. The minimum Gasteiger partial charge on any atom is -0.480 e. The Hall–Kier alpha value is -2.71. The van der Waals surface area contributed by atoms with Crippen molar-refractivity contribution in [3.05, 3.63) is 38.3 Å². The molecule has 0 atom stereocenters. The number of hydrogen-bond donors (Lipinski definition) is 2. The maximum Gasteiger partial charge on any atom is 0.323 e. The number of carbonyl (C=O) groups excluding carboxylic acids is 1. The van der Waals surface area contributed by atoms with Gasteiger partial charge in [-0.15, -0.1) is 0 Å². The van der Waals surface area contributed by atoms with Gasteiger partial charge in [0.15, 0.2) is 0 Å². The first-order valence-electron chi connectivity index (χ1n) is 5.75. The zero-order chi connectivity index (χ0) is 15.3. The fourth-order valence-corrected chi connectivity index (χ4v) is 1.59. The number of aromatic nitrogens is 1. The van der Waals surface area contributed by atoms with Gasteiger partial charge in [-0.3, -0.25) is 24.5 Å². The largest absolute Gasteiger partial charge is 0.480 e. The van der Waals surface area contributed by atoms with E-state index in [0.717, 1.165) is 17.2 Å². The fraction of sp³-hybridized carbons (Fsp3) is 0.364. The highest BCUT2D eigenvalue weighted by molar-refractivity contribution is 5.96. The third-order valence-corrected chi connectivity index (χ3v) is 2.44. The van der Waals surface area contributed by atoms with Crippen LogP contribution >= 0.6 is 0 Å². The molecule has 20 heavy (non-hydrogen) atoms. The van der Waals surface area contributed by atoms with E-state index in [1.54, 1.807) is 6.92 Å². The van der Waals surface area contributed by atoms with Crippen molar-refractivity contribution in [1.82, 2.24) is 9.88 Å². The minimum atomic E-state index is -1.23. The summed E-state index contributed by atoms with van der Waals surface area (Å²) in [4.78, 5) is 47.2. The Labute approximate surface area is 113 Å². The number of aromatic amines is 1. The van der Waals surface area contributed by atoms with Crippen LogP contribution in [0.25, 0.3) is 0 Å². The Morgan fingerprint density at radius 2 is 2.15 bits per heavy atom. The van der Waals surface area contributed by atoms with Crippen molar-refractivity contribution in [2.24, 2.45) is 0 Å². The van der Waals surface area contributed by atoms with Crippen molar-refractivity contribution in [2.45, 2.75) is 13.3 Å². The molecule has 1 aromatic rings. The van der Waals surface area contributed by atoms with E-state index < -0.39 is 40.2 Å². The van der Waals surface area contributed by atoms with Crippen LogP contribution in [0, 0.1) is 10.1 Å². The topological polar surface area (TPSA) is 134 Å². The van der Waals surface area contributed by atoms with Crippen LogP contribution in [0.15, 0.2) is 17.1 Å². The highest BCUT2D eigenvalue weighted by Gasteiger charge is 2.22. The van der Waals surface area contributed by atoms with Crippen molar-refractivity contribution in [3.8, 4) is 0 Å².